The highest BCUT2D eigenvalue weighted by molar-refractivity contribution is 5.82. The first kappa shape index (κ1) is 26.5. The normalized spacial score (nSPS) is 12.0. The van der Waals surface area contributed by atoms with E-state index in [0.717, 1.165) is 18.7 Å². The van der Waals surface area contributed by atoms with E-state index >= 15 is 0 Å². The van der Waals surface area contributed by atoms with Crippen LogP contribution in [-0.4, -0.2) is 54.0 Å². The third kappa shape index (κ3) is 7.37. The molecular weight excluding hydrogens is 422 g/mol. The number of ether oxygens (including phenoxy) is 3. The van der Waals surface area contributed by atoms with Gasteiger partial charge in [0.05, 0.1) is 25.1 Å². The van der Waals surface area contributed by atoms with Crippen LogP contribution < -0.4 is 15.0 Å². The summed E-state index contributed by atoms with van der Waals surface area (Å²) in [5.41, 5.74) is -0.116. The van der Waals surface area contributed by atoms with Crippen LogP contribution in [-0.2, 0) is 17.7 Å². The van der Waals surface area contributed by atoms with Gasteiger partial charge in [0, 0.05) is 32.6 Å². The summed E-state index contributed by atoms with van der Waals surface area (Å²) in [7, 11) is 4.84. The minimum Gasteiger partial charge on any atom is -0.493 e. The molecule has 0 fully saturated rings. The average molecular weight is 462 g/mol. The molecule has 8 heteroatoms. The number of carbonyl (C=O) groups is 1. The molecule has 0 radical (unpaired) electrons. The maximum absolute atomic E-state index is 13.4. The largest absolute Gasteiger partial charge is 0.493 e. The molecule has 2 rings (SSSR count). The van der Waals surface area contributed by atoms with Gasteiger partial charge in [0.25, 0.3) is 5.56 Å². The summed E-state index contributed by atoms with van der Waals surface area (Å²) >= 11 is 0. The topological polar surface area (TPSA) is 82.9 Å². The van der Waals surface area contributed by atoms with Crippen molar-refractivity contribution in [2.24, 2.45) is 5.41 Å². The third-order valence-corrected chi connectivity index (χ3v) is 5.02. The van der Waals surface area contributed by atoms with Crippen LogP contribution in [0.3, 0.4) is 0 Å². The van der Waals surface area contributed by atoms with Crippen LogP contribution in [0.4, 0.5) is 4.79 Å². The zero-order chi connectivity index (χ0) is 25.0. The van der Waals surface area contributed by atoms with Crippen molar-refractivity contribution in [3.8, 4) is 11.5 Å². The lowest BCUT2D eigenvalue weighted by Gasteiger charge is -2.25. The molecule has 0 N–H and O–H groups in total. The van der Waals surface area contributed by atoms with Crippen LogP contribution in [0.5, 0.6) is 11.5 Å². The van der Waals surface area contributed by atoms with E-state index in [2.05, 4.69) is 20.8 Å². The summed E-state index contributed by atoms with van der Waals surface area (Å²) in [6.45, 7) is 13.0. The highest BCUT2D eigenvalue weighted by Crippen LogP contribution is 2.30. The molecule has 0 saturated carbocycles. The summed E-state index contributed by atoms with van der Waals surface area (Å²) in [6, 6.07) is 3.44. The number of hydrogen-bond acceptors (Lipinski definition) is 6. The molecule has 1 aromatic carbocycles. The Labute approximate surface area is 196 Å². The maximum Gasteiger partial charge on any atom is 0.410 e. The number of rotatable bonds is 8. The van der Waals surface area contributed by atoms with E-state index in [1.54, 1.807) is 42.9 Å². The van der Waals surface area contributed by atoms with Gasteiger partial charge in [-0.05, 0) is 45.1 Å². The Morgan fingerprint density at radius 3 is 2.18 bits per heavy atom. The molecular formula is C25H39N3O5. The van der Waals surface area contributed by atoms with Gasteiger partial charge in [-0.3, -0.25) is 9.36 Å². The van der Waals surface area contributed by atoms with Gasteiger partial charge in [-0.1, -0.05) is 20.8 Å². The smallest absolute Gasteiger partial charge is 0.410 e. The fourth-order valence-electron chi connectivity index (χ4n) is 3.49. The predicted molar refractivity (Wildman–Crippen MR) is 130 cm³/mol. The van der Waals surface area contributed by atoms with E-state index in [9.17, 15) is 9.59 Å². The molecule has 1 heterocycles. The summed E-state index contributed by atoms with van der Waals surface area (Å²) in [5, 5.41) is 0.505. The molecule has 0 saturated heterocycles. The van der Waals surface area contributed by atoms with Gasteiger partial charge in [-0.15, -0.1) is 0 Å². The molecule has 0 spiro atoms. The van der Waals surface area contributed by atoms with Gasteiger partial charge in [-0.25, -0.2) is 9.78 Å². The van der Waals surface area contributed by atoms with Crippen LogP contribution in [0.25, 0.3) is 10.9 Å². The number of aromatic nitrogens is 2. The highest BCUT2D eigenvalue weighted by Gasteiger charge is 2.21. The molecule has 0 bridgehead atoms. The lowest BCUT2D eigenvalue weighted by Crippen LogP contribution is -2.34. The Kier molecular flexibility index (Phi) is 8.38. The Bertz CT molecular complexity index is 1030. The Morgan fingerprint density at radius 2 is 1.64 bits per heavy atom. The minimum absolute atomic E-state index is 0.0863. The monoisotopic (exact) mass is 461 g/mol. The van der Waals surface area contributed by atoms with Crippen molar-refractivity contribution < 1.29 is 19.0 Å². The van der Waals surface area contributed by atoms with Gasteiger partial charge in [-0.2, -0.15) is 0 Å². The summed E-state index contributed by atoms with van der Waals surface area (Å²) in [6.07, 6.45) is 1.84. The molecule has 1 amide bonds. The number of methoxy groups -OCH3 is 2. The van der Waals surface area contributed by atoms with E-state index in [0.29, 0.717) is 41.9 Å². The summed E-state index contributed by atoms with van der Waals surface area (Å²) < 4.78 is 17.9. The highest BCUT2D eigenvalue weighted by atomic mass is 16.6. The van der Waals surface area contributed by atoms with Crippen LogP contribution in [0, 0.1) is 5.41 Å². The van der Waals surface area contributed by atoms with Gasteiger partial charge in [0.2, 0.25) is 0 Å². The van der Waals surface area contributed by atoms with Crippen molar-refractivity contribution in [2.45, 2.75) is 73.0 Å². The zero-order valence-corrected chi connectivity index (χ0v) is 21.6. The fraction of sp³-hybridized carbons (Fsp3) is 0.640. The molecule has 1 aromatic heterocycles. The lowest BCUT2D eigenvalue weighted by molar-refractivity contribution is 0.0296. The third-order valence-electron chi connectivity index (χ3n) is 5.02. The minimum atomic E-state index is -0.521. The Hall–Kier alpha value is -2.77. The summed E-state index contributed by atoms with van der Waals surface area (Å²) in [4.78, 5) is 32.0. The number of benzene rings is 1. The number of carbonyl (C=O) groups excluding carboxylic acids is 1. The van der Waals surface area contributed by atoms with Crippen molar-refractivity contribution in [3.05, 3.63) is 28.3 Å². The van der Waals surface area contributed by atoms with Crippen molar-refractivity contribution in [1.29, 1.82) is 0 Å². The van der Waals surface area contributed by atoms with E-state index < -0.39 is 5.60 Å². The number of aryl methyl sites for hydroxylation is 1. The van der Waals surface area contributed by atoms with Crippen LogP contribution >= 0.6 is 0 Å². The number of fused-ring (bicyclic) bond motifs is 1. The molecule has 0 unspecified atom stereocenters. The number of nitrogens with zero attached hydrogens (tertiary/aromatic N) is 3. The maximum atomic E-state index is 13.4. The van der Waals surface area contributed by atoms with Gasteiger partial charge in [0.15, 0.2) is 11.5 Å². The molecule has 184 valence electrons. The van der Waals surface area contributed by atoms with Crippen LogP contribution in [0.1, 0.15) is 60.2 Å². The molecule has 0 aliphatic heterocycles. The van der Waals surface area contributed by atoms with Crippen molar-refractivity contribution >= 4 is 17.0 Å². The second-order valence-corrected chi connectivity index (χ2v) is 10.6. The van der Waals surface area contributed by atoms with Gasteiger partial charge < -0.3 is 19.1 Å². The quantitative estimate of drug-likeness (QED) is 0.532. The van der Waals surface area contributed by atoms with Crippen molar-refractivity contribution in [3.63, 3.8) is 0 Å². The predicted octanol–water partition coefficient (Wildman–Crippen LogP) is 4.65. The standard InChI is InChI=1S/C25H39N3O5/c1-24(2,3)16-28-21(12-10-11-13-27(7)23(30)33-25(4,5)6)26-18-15-20(32-9)19(31-8)14-17(18)22(28)29/h14-15H,10-13,16H2,1-9H3. The number of hydrogen-bond donors (Lipinski definition) is 0. The van der Waals surface area contributed by atoms with E-state index in [1.165, 1.54) is 0 Å². The first-order chi connectivity index (χ1) is 15.3. The van der Waals surface area contributed by atoms with Gasteiger partial charge in [0.1, 0.15) is 11.4 Å². The average Bonchev–Trinajstić information content (AvgIpc) is 2.70. The summed E-state index contributed by atoms with van der Waals surface area (Å²) in [5.74, 6) is 1.77. The van der Waals surface area contributed by atoms with Crippen LogP contribution in [0.15, 0.2) is 16.9 Å². The van der Waals surface area contributed by atoms with Crippen molar-refractivity contribution in [2.75, 3.05) is 27.8 Å². The molecule has 2 aromatic rings. The first-order valence-electron chi connectivity index (χ1n) is 11.4. The zero-order valence-electron chi connectivity index (χ0n) is 21.6. The second-order valence-electron chi connectivity index (χ2n) is 10.6. The van der Waals surface area contributed by atoms with E-state index in [4.69, 9.17) is 19.2 Å². The fourth-order valence-corrected chi connectivity index (χ4v) is 3.49. The Morgan fingerprint density at radius 1 is 1.03 bits per heavy atom. The number of amides is 1. The number of unbranched alkanes of at least 4 members (excludes halogenated alkanes) is 1. The lowest BCUT2D eigenvalue weighted by atomic mass is 9.96. The SMILES string of the molecule is COc1cc2nc(CCCCN(C)C(=O)OC(C)(C)C)n(CC(C)(C)C)c(=O)c2cc1OC. The van der Waals surface area contributed by atoms with Crippen molar-refractivity contribution in [1.82, 2.24) is 14.5 Å². The molecule has 33 heavy (non-hydrogen) atoms. The molecule has 0 aliphatic rings. The molecule has 8 nitrogen and oxygen atoms in total. The molecule has 0 aliphatic carbocycles. The van der Waals surface area contributed by atoms with Crippen LogP contribution in [0.2, 0.25) is 0 Å². The first-order valence-corrected chi connectivity index (χ1v) is 11.4. The second kappa shape index (κ2) is 10.4. The van der Waals surface area contributed by atoms with Gasteiger partial charge >= 0.3 is 6.09 Å². The van der Waals surface area contributed by atoms with E-state index in [-0.39, 0.29) is 17.1 Å². The Balaban J connectivity index is 2.27. The molecule has 0 atom stereocenters. The van der Waals surface area contributed by atoms with E-state index in [1.807, 2.05) is 20.8 Å².